The molecule has 3 rings (SSSR count). The number of hydrogen-bond acceptors (Lipinski definition) is 7. The summed E-state index contributed by atoms with van der Waals surface area (Å²) in [5.74, 6) is 0.325. The van der Waals surface area contributed by atoms with Gasteiger partial charge < -0.3 is 24.5 Å². The van der Waals surface area contributed by atoms with E-state index < -0.39 is 4.92 Å². The van der Waals surface area contributed by atoms with Crippen molar-refractivity contribution in [1.82, 2.24) is 4.90 Å². The van der Waals surface area contributed by atoms with Crippen molar-refractivity contribution < 1.29 is 24.0 Å². The first-order valence-corrected chi connectivity index (χ1v) is 9.11. The molecule has 0 radical (unpaired) electrons. The first-order chi connectivity index (χ1) is 13.6. The molecule has 2 heterocycles. The van der Waals surface area contributed by atoms with Crippen LogP contribution in [-0.4, -0.2) is 60.3 Å². The van der Waals surface area contributed by atoms with Gasteiger partial charge >= 0.3 is 0 Å². The zero-order valence-electron chi connectivity index (χ0n) is 15.4. The molecule has 1 atom stereocenters. The molecule has 2 aromatic rings. The maximum Gasteiger partial charge on any atom is 0.293 e. The van der Waals surface area contributed by atoms with E-state index in [0.717, 1.165) is 5.76 Å². The van der Waals surface area contributed by atoms with Gasteiger partial charge in [0.15, 0.2) is 0 Å². The first-order valence-electron chi connectivity index (χ1n) is 9.11. The lowest BCUT2D eigenvalue weighted by molar-refractivity contribution is -0.384. The van der Waals surface area contributed by atoms with E-state index in [1.54, 1.807) is 23.3 Å². The third kappa shape index (κ3) is 4.87. The van der Waals surface area contributed by atoms with Crippen molar-refractivity contribution in [2.24, 2.45) is 5.92 Å². The molecule has 1 amide bonds. The van der Waals surface area contributed by atoms with Crippen LogP contribution in [0.15, 0.2) is 41.0 Å². The van der Waals surface area contributed by atoms with Gasteiger partial charge in [-0.05, 0) is 24.3 Å². The highest BCUT2D eigenvalue weighted by atomic mass is 16.6. The van der Waals surface area contributed by atoms with Gasteiger partial charge in [-0.25, -0.2) is 0 Å². The summed E-state index contributed by atoms with van der Waals surface area (Å²) in [6.07, 6.45) is 2.07. The maximum atomic E-state index is 12.6. The largest absolute Gasteiger partial charge is 0.469 e. The van der Waals surface area contributed by atoms with Gasteiger partial charge in [-0.3, -0.25) is 14.9 Å². The van der Waals surface area contributed by atoms with E-state index >= 15 is 0 Å². The van der Waals surface area contributed by atoms with E-state index in [-0.39, 0.29) is 29.7 Å². The molecule has 9 heteroatoms. The van der Waals surface area contributed by atoms with Crippen molar-refractivity contribution in [2.75, 3.05) is 44.8 Å². The third-order valence-electron chi connectivity index (χ3n) is 4.65. The fourth-order valence-corrected chi connectivity index (χ4v) is 3.08. The van der Waals surface area contributed by atoms with Gasteiger partial charge in [0.05, 0.1) is 24.4 Å². The summed E-state index contributed by atoms with van der Waals surface area (Å²) in [6.45, 7) is 2.11. The maximum absolute atomic E-state index is 12.6. The fourth-order valence-electron chi connectivity index (χ4n) is 3.08. The summed E-state index contributed by atoms with van der Waals surface area (Å²) in [5.41, 5.74) is 0.406. The smallest absolute Gasteiger partial charge is 0.293 e. The fraction of sp³-hybridized carbons (Fsp3) is 0.421. The molecule has 1 fully saturated rings. The van der Waals surface area contributed by atoms with Crippen molar-refractivity contribution in [3.8, 4) is 0 Å². The Labute approximate surface area is 162 Å². The molecular weight excluding hydrogens is 366 g/mol. The van der Waals surface area contributed by atoms with Gasteiger partial charge in [-0.1, -0.05) is 0 Å². The van der Waals surface area contributed by atoms with Crippen LogP contribution in [0.5, 0.6) is 0 Å². The molecule has 0 aliphatic carbocycles. The molecule has 0 unspecified atom stereocenters. The molecule has 1 aromatic heterocycles. The normalized spacial score (nSPS) is 15.2. The van der Waals surface area contributed by atoms with Crippen LogP contribution < -0.4 is 5.32 Å². The Kier molecular flexibility index (Phi) is 6.62. The van der Waals surface area contributed by atoms with Crippen LogP contribution in [-0.2, 0) is 11.2 Å². The number of nitrogens with one attached hydrogen (secondary N) is 1. The Morgan fingerprint density at radius 1 is 1.32 bits per heavy atom. The average molecular weight is 389 g/mol. The number of carbonyl (C=O) groups excluding carboxylic acids is 1. The van der Waals surface area contributed by atoms with Crippen LogP contribution >= 0.6 is 0 Å². The van der Waals surface area contributed by atoms with Crippen molar-refractivity contribution in [3.63, 3.8) is 0 Å². The lowest BCUT2D eigenvalue weighted by Gasteiger charge is -2.26. The molecule has 0 saturated carbocycles. The SMILES string of the molecule is O=C(c1ccc(NC[C@@H](CO)Cc2ccco2)c([N+](=O)[O-])c1)N1CCOCC1. The molecular formula is C19H23N3O6. The number of rotatable bonds is 8. The van der Waals surface area contributed by atoms with Crippen LogP contribution in [0.1, 0.15) is 16.1 Å². The van der Waals surface area contributed by atoms with E-state index in [9.17, 15) is 20.0 Å². The molecule has 0 bridgehead atoms. The minimum atomic E-state index is -0.515. The molecule has 1 aliphatic heterocycles. The Morgan fingerprint density at radius 3 is 2.75 bits per heavy atom. The highest BCUT2D eigenvalue weighted by molar-refractivity contribution is 5.95. The number of anilines is 1. The lowest BCUT2D eigenvalue weighted by Crippen LogP contribution is -2.40. The second-order valence-corrected chi connectivity index (χ2v) is 6.61. The molecule has 0 spiro atoms. The number of nitrogens with zero attached hydrogens (tertiary/aromatic N) is 2. The van der Waals surface area contributed by atoms with Crippen molar-refractivity contribution >= 4 is 17.3 Å². The number of carbonyl (C=O) groups is 1. The van der Waals surface area contributed by atoms with E-state index in [1.165, 1.54) is 12.1 Å². The van der Waals surface area contributed by atoms with Gasteiger partial charge in [0.2, 0.25) is 0 Å². The third-order valence-corrected chi connectivity index (χ3v) is 4.65. The highest BCUT2D eigenvalue weighted by Gasteiger charge is 2.23. The van der Waals surface area contributed by atoms with E-state index in [2.05, 4.69) is 5.32 Å². The van der Waals surface area contributed by atoms with Crippen molar-refractivity contribution in [3.05, 3.63) is 58.0 Å². The lowest BCUT2D eigenvalue weighted by atomic mass is 10.0. The van der Waals surface area contributed by atoms with Crippen LogP contribution in [0.25, 0.3) is 0 Å². The zero-order chi connectivity index (χ0) is 19.9. The Bertz CT molecular complexity index is 802. The molecule has 2 N–H and O–H groups in total. The van der Waals surface area contributed by atoms with E-state index in [1.807, 2.05) is 6.07 Å². The number of nitro groups is 1. The van der Waals surface area contributed by atoms with Crippen LogP contribution in [0.2, 0.25) is 0 Å². The number of benzene rings is 1. The quantitative estimate of drug-likeness (QED) is 0.523. The number of hydrogen-bond donors (Lipinski definition) is 2. The summed E-state index contributed by atoms with van der Waals surface area (Å²) in [5, 5.41) is 24.1. The molecule has 28 heavy (non-hydrogen) atoms. The second kappa shape index (κ2) is 9.34. The summed E-state index contributed by atoms with van der Waals surface area (Å²) >= 11 is 0. The van der Waals surface area contributed by atoms with Crippen molar-refractivity contribution in [1.29, 1.82) is 0 Å². The predicted octanol–water partition coefficient (Wildman–Crippen LogP) is 1.92. The van der Waals surface area contributed by atoms with Crippen LogP contribution in [0, 0.1) is 16.0 Å². The van der Waals surface area contributed by atoms with E-state index in [0.29, 0.717) is 45.0 Å². The van der Waals surface area contributed by atoms with Crippen molar-refractivity contribution in [2.45, 2.75) is 6.42 Å². The average Bonchev–Trinajstić information content (AvgIpc) is 3.24. The monoisotopic (exact) mass is 389 g/mol. The number of furan rings is 1. The molecule has 150 valence electrons. The number of amides is 1. The van der Waals surface area contributed by atoms with Crippen LogP contribution in [0.3, 0.4) is 0 Å². The number of ether oxygens (including phenoxy) is 1. The standard InChI is InChI=1S/C19H23N3O6/c23-13-14(10-16-2-1-7-28-16)12-20-17-4-3-15(11-18(17)22(25)26)19(24)21-5-8-27-9-6-21/h1-4,7,11,14,20,23H,5-6,8-10,12-13H2/t14-/m0/s1. The Morgan fingerprint density at radius 2 is 2.11 bits per heavy atom. The molecule has 9 nitrogen and oxygen atoms in total. The van der Waals surface area contributed by atoms with Gasteiger partial charge in [0.25, 0.3) is 11.6 Å². The van der Waals surface area contributed by atoms with Crippen LogP contribution in [0.4, 0.5) is 11.4 Å². The molecule has 1 saturated heterocycles. The van der Waals surface area contributed by atoms with Gasteiger partial charge in [-0.2, -0.15) is 0 Å². The second-order valence-electron chi connectivity index (χ2n) is 6.61. The van der Waals surface area contributed by atoms with Gasteiger partial charge in [-0.15, -0.1) is 0 Å². The summed E-state index contributed by atoms with van der Waals surface area (Å²) in [6, 6.07) is 7.99. The number of aliphatic hydroxyl groups is 1. The topological polar surface area (TPSA) is 118 Å². The van der Waals surface area contributed by atoms with Gasteiger partial charge in [0.1, 0.15) is 11.4 Å². The predicted molar refractivity (Wildman–Crippen MR) is 101 cm³/mol. The molecule has 1 aromatic carbocycles. The van der Waals surface area contributed by atoms with Gasteiger partial charge in [0, 0.05) is 50.2 Å². The minimum Gasteiger partial charge on any atom is -0.469 e. The summed E-state index contributed by atoms with van der Waals surface area (Å²) < 4.78 is 10.5. The Balaban J connectivity index is 1.70. The number of aliphatic hydroxyl groups excluding tert-OH is 1. The molecule has 1 aliphatic rings. The first kappa shape index (κ1) is 19.8. The number of morpholine rings is 1. The zero-order valence-corrected chi connectivity index (χ0v) is 15.4. The summed E-state index contributed by atoms with van der Waals surface area (Å²) in [4.78, 5) is 25.2. The Hall–Kier alpha value is -2.91. The highest BCUT2D eigenvalue weighted by Crippen LogP contribution is 2.27. The number of nitro benzene ring substituents is 1. The van der Waals surface area contributed by atoms with E-state index in [4.69, 9.17) is 9.15 Å². The minimum absolute atomic E-state index is 0.0882. The summed E-state index contributed by atoms with van der Waals surface area (Å²) in [7, 11) is 0.